The summed E-state index contributed by atoms with van der Waals surface area (Å²) in [6.45, 7) is 8.41. The fraction of sp³-hybridized carbons (Fsp3) is 0.455. The smallest absolute Gasteiger partial charge is 0.242 e. The highest BCUT2D eigenvalue weighted by Gasteiger charge is 2.31. The van der Waals surface area contributed by atoms with Crippen molar-refractivity contribution in [3.8, 4) is 11.1 Å². The van der Waals surface area contributed by atoms with Gasteiger partial charge in [0, 0.05) is 43.5 Å². The molecule has 1 saturated carbocycles. The number of nitrogens with one attached hydrogen (secondary N) is 1. The molecule has 1 aliphatic carbocycles. The molecular weight excluding hydrogens is 425 g/mol. The van der Waals surface area contributed by atoms with Gasteiger partial charge in [-0.3, -0.25) is 0 Å². The van der Waals surface area contributed by atoms with Gasteiger partial charge >= 0.3 is 0 Å². The molecule has 162 valence electrons. The zero-order valence-corrected chi connectivity index (χ0v) is 18.9. The first-order valence-corrected chi connectivity index (χ1v) is 12.2. The average Bonchev–Trinajstić information content (AvgIpc) is 3.52. The van der Waals surface area contributed by atoms with Crippen molar-refractivity contribution in [1.82, 2.24) is 9.62 Å². The molecule has 0 atom stereocenters. The van der Waals surface area contributed by atoms with Gasteiger partial charge in [-0.1, -0.05) is 24.6 Å². The minimum atomic E-state index is -3.75. The Balaban J connectivity index is 1.81. The predicted molar refractivity (Wildman–Crippen MR) is 119 cm³/mol. The van der Waals surface area contributed by atoms with E-state index in [9.17, 15) is 12.8 Å². The number of nitrogens with zero attached hydrogens (tertiary/aromatic N) is 2. The monoisotopic (exact) mass is 451 g/mol. The highest BCUT2D eigenvalue weighted by molar-refractivity contribution is 7.89. The number of anilines is 1. The van der Waals surface area contributed by atoms with Gasteiger partial charge in [0.15, 0.2) is 0 Å². The summed E-state index contributed by atoms with van der Waals surface area (Å²) in [5.41, 5.74) is 2.88. The van der Waals surface area contributed by atoms with Gasteiger partial charge in [0.25, 0.3) is 0 Å². The Morgan fingerprint density at radius 2 is 1.80 bits per heavy atom. The summed E-state index contributed by atoms with van der Waals surface area (Å²) in [4.78, 5) is 4.65. The molecule has 2 aromatic rings. The molecule has 8 heteroatoms. The predicted octanol–water partition coefficient (Wildman–Crippen LogP) is 4.04. The van der Waals surface area contributed by atoms with E-state index in [-0.39, 0.29) is 21.8 Å². The SMILES string of the molecule is CCN1CCN(c2cc(-c3ccc(F)cc3C)c(Cl)c(S(=O)(=O)NC3CC3)c2)CC1. The third-order valence-corrected chi connectivity index (χ3v) is 7.94. The van der Waals surface area contributed by atoms with Crippen LogP contribution < -0.4 is 9.62 Å². The molecule has 5 nitrogen and oxygen atoms in total. The van der Waals surface area contributed by atoms with Crippen LogP contribution >= 0.6 is 11.6 Å². The number of piperazine rings is 1. The third-order valence-electron chi connectivity index (χ3n) is 5.88. The molecule has 4 rings (SSSR count). The quantitative estimate of drug-likeness (QED) is 0.720. The summed E-state index contributed by atoms with van der Waals surface area (Å²) in [6.07, 6.45) is 1.69. The van der Waals surface area contributed by atoms with E-state index in [0.29, 0.717) is 11.1 Å². The van der Waals surface area contributed by atoms with Gasteiger partial charge in [-0.05, 0) is 61.7 Å². The fourth-order valence-electron chi connectivity index (χ4n) is 3.89. The summed E-state index contributed by atoms with van der Waals surface area (Å²) in [7, 11) is -3.75. The Hall–Kier alpha value is -1.67. The van der Waals surface area contributed by atoms with Crippen molar-refractivity contribution in [3.63, 3.8) is 0 Å². The van der Waals surface area contributed by atoms with E-state index in [1.165, 1.54) is 12.1 Å². The van der Waals surface area contributed by atoms with E-state index in [4.69, 9.17) is 11.6 Å². The summed E-state index contributed by atoms with van der Waals surface area (Å²) in [5, 5.41) is 0.175. The van der Waals surface area contributed by atoms with Gasteiger partial charge < -0.3 is 9.80 Å². The van der Waals surface area contributed by atoms with Crippen molar-refractivity contribution in [2.45, 2.75) is 37.6 Å². The van der Waals surface area contributed by atoms with Crippen LogP contribution in [-0.4, -0.2) is 52.1 Å². The number of halogens is 2. The van der Waals surface area contributed by atoms with Gasteiger partial charge in [-0.25, -0.2) is 17.5 Å². The number of hydrogen-bond donors (Lipinski definition) is 1. The Bertz CT molecular complexity index is 1050. The maximum absolute atomic E-state index is 13.7. The second kappa shape index (κ2) is 8.46. The first-order valence-electron chi connectivity index (χ1n) is 10.4. The largest absolute Gasteiger partial charge is 0.369 e. The lowest BCUT2D eigenvalue weighted by Crippen LogP contribution is -2.46. The lowest BCUT2D eigenvalue weighted by Gasteiger charge is -2.36. The Morgan fingerprint density at radius 1 is 1.10 bits per heavy atom. The first-order chi connectivity index (χ1) is 14.3. The van der Waals surface area contributed by atoms with Gasteiger partial charge in [-0.15, -0.1) is 0 Å². The van der Waals surface area contributed by atoms with Gasteiger partial charge in [0.1, 0.15) is 10.7 Å². The van der Waals surface area contributed by atoms with E-state index in [2.05, 4.69) is 21.4 Å². The van der Waals surface area contributed by atoms with Crippen LogP contribution in [0.3, 0.4) is 0 Å². The molecule has 0 bridgehead atoms. The number of sulfonamides is 1. The molecule has 1 aliphatic heterocycles. The summed E-state index contributed by atoms with van der Waals surface area (Å²) < 4.78 is 42.6. The molecule has 1 N–H and O–H groups in total. The normalized spacial score (nSPS) is 18.1. The second-order valence-corrected chi connectivity index (χ2v) is 10.1. The van der Waals surface area contributed by atoms with Crippen LogP contribution in [0.4, 0.5) is 10.1 Å². The lowest BCUT2D eigenvalue weighted by atomic mass is 9.99. The van der Waals surface area contributed by atoms with Crippen molar-refractivity contribution in [3.05, 3.63) is 46.7 Å². The molecule has 0 aromatic heterocycles. The molecule has 30 heavy (non-hydrogen) atoms. The number of rotatable bonds is 6. The zero-order valence-electron chi connectivity index (χ0n) is 17.3. The van der Waals surface area contributed by atoms with Crippen molar-refractivity contribution in [2.75, 3.05) is 37.6 Å². The topological polar surface area (TPSA) is 52.7 Å². The molecule has 0 spiro atoms. The highest BCUT2D eigenvalue weighted by Crippen LogP contribution is 2.39. The number of hydrogen-bond acceptors (Lipinski definition) is 4. The molecule has 2 aliphatic rings. The first kappa shape index (κ1) is 21.6. The fourth-order valence-corrected chi connectivity index (χ4v) is 5.83. The molecule has 1 heterocycles. The molecule has 1 saturated heterocycles. The van der Waals surface area contributed by atoms with Crippen LogP contribution in [0.1, 0.15) is 25.3 Å². The van der Waals surface area contributed by atoms with Crippen LogP contribution in [0, 0.1) is 12.7 Å². The number of likely N-dealkylation sites (N-methyl/N-ethyl adjacent to an activating group) is 1. The average molecular weight is 452 g/mol. The van der Waals surface area contributed by atoms with Crippen molar-refractivity contribution in [2.24, 2.45) is 0 Å². The van der Waals surface area contributed by atoms with Crippen LogP contribution in [0.5, 0.6) is 0 Å². The molecule has 2 fully saturated rings. The van der Waals surface area contributed by atoms with Crippen molar-refractivity contribution >= 4 is 27.3 Å². The van der Waals surface area contributed by atoms with Crippen molar-refractivity contribution < 1.29 is 12.8 Å². The van der Waals surface area contributed by atoms with Gasteiger partial charge in [-0.2, -0.15) is 0 Å². The molecule has 0 radical (unpaired) electrons. The Morgan fingerprint density at radius 3 is 2.40 bits per heavy atom. The van der Waals surface area contributed by atoms with E-state index >= 15 is 0 Å². The van der Waals surface area contributed by atoms with Crippen LogP contribution in [0.15, 0.2) is 35.2 Å². The van der Waals surface area contributed by atoms with E-state index < -0.39 is 10.0 Å². The van der Waals surface area contributed by atoms with E-state index in [0.717, 1.165) is 56.8 Å². The minimum absolute atomic E-state index is 0.0150. The minimum Gasteiger partial charge on any atom is -0.369 e. The summed E-state index contributed by atoms with van der Waals surface area (Å²) in [5.74, 6) is -0.331. The maximum atomic E-state index is 13.7. The summed E-state index contributed by atoms with van der Waals surface area (Å²) >= 11 is 6.66. The molecular formula is C22H27ClFN3O2S. The van der Waals surface area contributed by atoms with E-state index in [1.54, 1.807) is 19.1 Å². The maximum Gasteiger partial charge on any atom is 0.242 e. The number of benzene rings is 2. The summed E-state index contributed by atoms with van der Waals surface area (Å²) in [6, 6.07) is 8.07. The Kier molecular flexibility index (Phi) is 6.08. The van der Waals surface area contributed by atoms with Gasteiger partial charge in [0.2, 0.25) is 10.0 Å². The molecule has 0 unspecified atom stereocenters. The van der Waals surface area contributed by atoms with Crippen LogP contribution in [-0.2, 0) is 10.0 Å². The lowest BCUT2D eigenvalue weighted by molar-refractivity contribution is 0.271. The third kappa shape index (κ3) is 4.49. The van der Waals surface area contributed by atoms with Crippen LogP contribution in [0.25, 0.3) is 11.1 Å². The molecule has 0 amide bonds. The van der Waals surface area contributed by atoms with Gasteiger partial charge in [0.05, 0.1) is 5.02 Å². The standard InChI is InChI=1S/C22H27ClFN3O2S/c1-3-26-8-10-27(11-9-26)18-13-20(19-7-4-16(24)12-15(19)2)22(23)21(14-18)30(28,29)25-17-5-6-17/h4,7,12-14,17,25H,3,5-6,8-11H2,1-2H3. The second-order valence-electron chi connectivity index (χ2n) is 8.08. The van der Waals surface area contributed by atoms with Crippen molar-refractivity contribution in [1.29, 1.82) is 0 Å². The van der Waals surface area contributed by atoms with E-state index in [1.807, 2.05) is 6.07 Å². The molecule has 2 aromatic carbocycles. The Labute approximate surface area is 182 Å². The zero-order chi connectivity index (χ0) is 21.5. The number of aryl methyl sites for hydroxylation is 1. The van der Waals surface area contributed by atoms with Crippen LogP contribution in [0.2, 0.25) is 5.02 Å². The highest BCUT2D eigenvalue weighted by atomic mass is 35.5.